The van der Waals surface area contributed by atoms with Crippen LogP contribution in [0.2, 0.25) is 0 Å². The van der Waals surface area contributed by atoms with Crippen LogP contribution in [0.15, 0.2) is 66.9 Å². The van der Waals surface area contributed by atoms with E-state index in [2.05, 4.69) is 4.74 Å². The molecule has 0 saturated carbocycles. The molecule has 3 rings (SSSR count). The van der Waals surface area contributed by atoms with E-state index in [1.54, 1.807) is 17.9 Å². The maximum absolute atomic E-state index is 11.9. The molecule has 0 fully saturated rings. The lowest BCUT2D eigenvalue weighted by molar-refractivity contribution is -0.154. The Balaban J connectivity index is 1.90. The Morgan fingerprint density at radius 1 is 1.03 bits per heavy atom. The normalized spacial score (nSPS) is 10.7. The lowest BCUT2D eigenvalue weighted by atomic mass is 10.1. The van der Waals surface area contributed by atoms with Crippen LogP contribution in [0.1, 0.15) is 11.1 Å². The quantitative estimate of drug-likeness (QED) is 0.422. The highest BCUT2D eigenvalue weighted by Crippen LogP contribution is 2.31. The SMILES string of the molecule is COC(=O)COC(=O)/C=C/c1cn(Cc2ccccc2)nc1-c1ccccc1OC. The van der Waals surface area contributed by atoms with Gasteiger partial charge in [-0.2, -0.15) is 5.10 Å². The van der Waals surface area contributed by atoms with E-state index in [0.29, 0.717) is 23.6 Å². The number of hydrogen-bond donors (Lipinski definition) is 0. The fourth-order valence-corrected chi connectivity index (χ4v) is 2.85. The molecule has 1 heterocycles. The molecule has 0 radical (unpaired) electrons. The molecule has 3 aromatic rings. The maximum Gasteiger partial charge on any atom is 0.344 e. The highest BCUT2D eigenvalue weighted by Gasteiger charge is 2.14. The molecule has 7 heteroatoms. The van der Waals surface area contributed by atoms with E-state index in [-0.39, 0.29) is 0 Å². The van der Waals surface area contributed by atoms with Crippen molar-refractivity contribution in [1.29, 1.82) is 0 Å². The van der Waals surface area contributed by atoms with Gasteiger partial charge in [-0.05, 0) is 23.8 Å². The second kappa shape index (κ2) is 10.1. The van der Waals surface area contributed by atoms with E-state index in [1.807, 2.05) is 60.8 Å². The fourth-order valence-electron chi connectivity index (χ4n) is 2.85. The number of rotatable bonds is 8. The largest absolute Gasteiger partial charge is 0.496 e. The van der Waals surface area contributed by atoms with Crippen molar-refractivity contribution in [3.63, 3.8) is 0 Å². The minimum Gasteiger partial charge on any atom is -0.496 e. The summed E-state index contributed by atoms with van der Waals surface area (Å²) in [7, 11) is 2.83. The maximum atomic E-state index is 11.9. The molecule has 0 saturated heterocycles. The molecule has 0 unspecified atom stereocenters. The van der Waals surface area contributed by atoms with Crippen LogP contribution in [0.25, 0.3) is 17.3 Å². The van der Waals surface area contributed by atoms with Crippen LogP contribution in [0.3, 0.4) is 0 Å². The third-order valence-electron chi connectivity index (χ3n) is 4.30. The number of nitrogens with zero attached hydrogens (tertiary/aromatic N) is 2. The van der Waals surface area contributed by atoms with E-state index in [4.69, 9.17) is 14.6 Å². The van der Waals surface area contributed by atoms with Gasteiger partial charge in [0, 0.05) is 23.4 Å². The first-order valence-corrected chi connectivity index (χ1v) is 9.27. The van der Waals surface area contributed by atoms with Crippen molar-refractivity contribution in [1.82, 2.24) is 9.78 Å². The summed E-state index contributed by atoms with van der Waals surface area (Å²) in [6.45, 7) is 0.135. The Kier molecular flexibility index (Phi) is 7.00. The molecule has 2 aromatic carbocycles. The van der Waals surface area contributed by atoms with Gasteiger partial charge in [-0.1, -0.05) is 42.5 Å². The fraction of sp³-hybridized carbons (Fsp3) is 0.174. The molecule has 0 aliphatic heterocycles. The van der Waals surface area contributed by atoms with Crippen LogP contribution in [0.4, 0.5) is 0 Å². The van der Waals surface area contributed by atoms with Crippen molar-refractivity contribution in [2.24, 2.45) is 0 Å². The van der Waals surface area contributed by atoms with Gasteiger partial charge in [-0.15, -0.1) is 0 Å². The topological polar surface area (TPSA) is 79.7 Å². The number of methoxy groups -OCH3 is 2. The minimum atomic E-state index is -0.651. The Bertz CT molecular complexity index is 1040. The number of ether oxygens (including phenoxy) is 3. The minimum absolute atomic E-state index is 0.438. The van der Waals surface area contributed by atoms with Crippen molar-refractivity contribution in [3.8, 4) is 17.0 Å². The molecule has 7 nitrogen and oxygen atoms in total. The predicted molar refractivity (Wildman–Crippen MR) is 112 cm³/mol. The highest BCUT2D eigenvalue weighted by atomic mass is 16.6. The number of para-hydroxylation sites is 1. The Morgan fingerprint density at radius 3 is 2.50 bits per heavy atom. The average molecular weight is 406 g/mol. The zero-order chi connectivity index (χ0) is 21.3. The summed E-state index contributed by atoms with van der Waals surface area (Å²) >= 11 is 0. The van der Waals surface area contributed by atoms with Crippen LogP contribution < -0.4 is 4.74 Å². The third kappa shape index (κ3) is 5.35. The molecule has 0 atom stereocenters. The van der Waals surface area contributed by atoms with Crippen molar-refractivity contribution in [2.75, 3.05) is 20.8 Å². The van der Waals surface area contributed by atoms with Gasteiger partial charge >= 0.3 is 11.9 Å². The number of esters is 2. The molecule has 0 aliphatic rings. The summed E-state index contributed by atoms with van der Waals surface area (Å²) in [6, 6.07) is 17.5. The predicted octanol–water partition coefficient (Wildman–Crippen LogP) is 3.34. The van der Waals surface area contributed by atoms with Gasteiger partial charge in [-0.3, -0.25) is 4.68 Å². The van der Waals surface area contributed by atoms with Gasteiger partial charge < -0.3 is 14.2 Å². The van der Waals surface area contributed by atoms with Crippen LogP contribution in [0.5, 0.6) is 5.75 Å². The Labute approximate surface area is 174 Å². The van der Waals surface area contributed by atoms with E-state index < -0.39 is 18.5 Å². The Hall–Kier alpha value is -3.87. The first kappa shape index (κ1) is 20.9. The summed E-state index contributed by atoms with van der Waals surface area (Å²) in [5.41, 5.74) is 3.28. The van der Waals surface area contributed by atoms with Crippen LogP contribution in [-0.2, 0) is 25.6 Å². The zero-order valence-corrected chi connectivity index (χ0v) is 16.8. The molecule has 154 valence electrons. The lowest BCUT2D eigenvalue weighted by Crippen LogP contribution is -2.13. The standard InChI is InChI=1S/C23H22N2O5/c1-28-20-11-7-6-10-19(20)23-18(12-13-21(26)30-16-22(27)29-2)15-25(24-23)14-17-8-4-3-5-9-17/h3-13,15H,14,16H2,1-2H3/b13-12+. The molecular weight excluding hydrogens is 384 g/mol. The smallest absolute Gasteiger partial charge is 0.344 e. The van der Waals surface area contributed by atoms with Gasteiger partial charge in [0.15, 0.2) is 6.61 Å². The van der Waals surface area contributed by atoms with Crippen LogP contribution >= 0.6 is 0 Å². The number of benzene rings is 2. The van der Waals surface area contributed by atoms with E-state index >= 15 is 0 Å². The number of carbonyl (C=O) groups excluding carboxylic acids is 2. The van der Waals surface area contributed by atoms with Crippen molar-refractivity contribution >= 4 is 18.0 Å². The first-order chi connectivity index (χ1) is 14.6. The van der Waals surface area contributed by atoms with Gasteiger partial charge in [-0.25, -0.2) is 9.59 Å². The number of hydrogen-bond acceptors (Lipinski definition) is 6. The average Bonchev–Trinajstić information content (AvgIpc) is 3.18. The van der Waals surface area contributed by atoms with E-state index in [9.17, 15) is 9.59 Å². The lowest BCUT2D eigenvalue weighted by Gasteiger charge is -2.06. The molecule has 0 bridgehead atoms. The second-order valence-electron chi connectivity index (χ2n) is 6.33. The molecular formula is C23H22N2O5. The number of carbonyl (C=O) groups is 2. The summed E-state index contributed by atoms with van der Waals surface area (Å²) in [5.74, 6) is -0.602. The van der Waals surface area contributed by atoms with Crippen LogP contribution in [-0.4, -0.2) is 42.5 Å². The summed E-state index contributed by atoms with van der Waals surface area (Å²) < 4.78 is 16.6. The summed E-state index contributed by atoms with van der Waals surface area (Å²) in [4.78, 5) is 23.1. The molecule has 0 aliphatic carbocycles. The molecule has 0 N–H and O–H groups in total. The van der Waals surface area contributed by atoms with E-state index in [1.165, 1.54) is 13.2 Å². The number of aromatic nitrogens is 2. The van der Waals surface area contributed by atoms with Crippen molar-refractivity contribution < 1.29 is 23.8 Å². The molecule has 1 aromatic heterocycles. The van der Waals surface area contributed by atoms with Gasteiger partial charge in [0.05, 0.1) is 20.8 Å². The molecule has 0 spiro atoms. The Morgan fingerprint density at radius 2 is 1.77 bits per heavy atom. The zero-order valence-electron chi connectivity index (χ0n) is 16.8. The monoisotopic (exact) mass is 406 g/mol. The van der Waals surface area contributed by atoms with Gasteiger partial charge in [0.25, 0.3) is 0 Å². The van der Waals surface area contributed by atoms with Crippen LogP contribution in [0, 0.1) is 0 Å². The van der Waals surface area contributed by atoms with Crippen molar-refractivity contribution in [2.45, 2.75) is 6.54 Å². The van der Waals surface area contributed by atoms with Gasteiger partial charge in [0.1, 0.15) is 11.4 Å². The van der Waals surface area contributed by atoms with Crippen molar-refractivity contribution in [3.05, 3.63) is 78.0 Å². The first-order valence-electron chi connectivity index (χ1n) is 9.27. The molecule has 0 amide bonds. The third-order valence-corrected chi connectivity index (χ3v) is 4.30. The van der Waals surface area contributed by atoms with Gasteiger partial charge in [0.2, 0.25) is 0 Å². The summed E-state index contributed by atoms with van der Waals surface area (Å²) in [6.07, 6.45) is 4.71. The molecule has 30 heavy (non-hydrogen) atoms. The van der Waals surface area contributed by atoms with E-state index in [0.717, 1.165) is 11.1 Å². The second-order valence-corrected chi connectivity index (χ2v) is 6.33. The highest BCUT2D eigenvalue weighted by molar-refractivity contribution is 5.90. The summed E-state index contributed by atoms with van der Waals surface area (Å²) in [5, 5.41) is 4.71.